The van der Waals surface area contributed by atoms with Crippen LogP contribution in [0.4, 0.5) is 17.5 Å². The fourth-order valence-electron chi connectivity index (χ4n) is 5.86. The van der Waals surface area contributed by atoms with Gasteiger partial charge >= 0.3 is 0 Å². The maximum atomic E-state index is 5.07. The standard InChI is InChI=1S/C28H33N7/c1-18-16-35(17-19(2)32-18)24-6-5-20(13-30-24)33-26-31-14-22-21-7-12-29-15-23(21)28(25(22)34-26)10-8-27(3,4)9-11-28/h5-8,10,12-15,18-19,32H,9,11,16-17H2,1-4H3,(H,31,33,34)/t18-,19+,28?. The monoisotopic (exact) mass is 467 g/mol. The average Bonchev–Trinajstić information content (AvgIpc) is 3.10. The van der Waals surface area contributed by atoms with Crippen molar-refractivity contribution in [3.63, 3.8) is 0 Å². The second kappa shape index (κ2) is 8.12. The number of fused-ring (bicyclic) bond motifs is 5. The third-order valence-corrected chi connectivity index (χ3v) is 7.67. The van der Waals surface area contributed by atoms with Gasteiger partial charge in [-0.05, 0) is 61.4 Å². The summed E-state index contributed by atoms with van der Waals surface area (Å²) in [6, 6.07) is 7.13. The van der Waals surface area contributed by atoms with Gasteiger partial charge in [0.2, 0.25) is 5.95 Å². The molecule has 2 N–H and O–H groups in total. The molecule has 7 heteroatoms. The highest BCUT2D eigenvalue weighted by molar-refractivity contribution is 5.80. The molecular weight excluding hydrogens is 434 g/mol. The maximum absolute atomic E-state index is 5.07. The number of piperazine rings is 1. The van der Waals surface area contributed by atoms with Crippen molar-refractivity contribution in [2.75, 3.05) is 23.3 Å². The summed E-state index contributed by atoms with van der Waals surface area (Å²) in [5.41, 5.74) is 5.43. The summed E-state index contributed by atoms with van der Waals surface area (Å²) in [6.07, 6.45) is 14.5. The van der Waals surface area contributed by atoms with Gasteiger partial charge in [0.15, 0.2) is 0 Å². The third kappa shape index (κ3) is 3.88. The molecule has 1 unspecified atom stereocenters. The molecule has 6 rings (SSSR count). The van der Waals surface area contributed by atoms with Gasteiger partial charge in [-0.15, -0.1) is 0 Å². The number of rotatable bonds is 3. The van der Waals surface area contributed by atoms with Gasteiger partial charge in [-0.25, -0.2) is 15.0 Å². The molecule has 180 valence electrons. The van der Waals surface area contributed by atoms with Gasteiger partial charge in [-0.2, -0.15) is 0 Å². The summed E-state index contributed by atoms with van der Waals surface area (Å²) >= 11 is 0. The number of nitrogens with zero attached hydrogens (tertiary/aromatic N) is 5. The van der Waals surface area contributed by atoms with E-state index in [2.05, 4.69) is 83.5 Å². The Balaban J connectivity index is 1.29. The Morgan fingerprint density at radius 2 is 1.77 bits per heavy atom. The van der Waals surface area contributed by atoms with Crippen LogP contribution >= 0.6 is 0 Å². The van der Waals surface area contributed by atoms with E-state index >= 15 is 0 Å². The zero-order valence-electron chi connectivity index (χ0n) is 20.9. The molecule has 3 aromatic rings. The Labute approximate surface area is 207 Å². The summed E-state index contributed by atoms with van der Waals surface area (Å²) in [5.74, 6) is 1.60. The van der Waals surface area contributed by atoms with Crippen LogP contribution in [0, 0.1) is 5.41 Å². The predicted molar refractivity (Wildman–Crippen MR) is 140 cm³/mol. The third-order valence-electron chi connectivity index (χ3n) is 7.67. The highest BCUT2D eigenvalue weighted by Crippen LogP contribution is 2.54. The molecular formula is C28H33N7. The van der Waals surface area contributed by atoms with Gasteiger partial charge in [0.1, 0.15) is 5.82 Å². The quantitative estimate of drug-likeness (QED) is 0.534. The van der Waals surface area contributed by atoms with E-state index < -0.39 is 0 Å². The van der Waals surface area contributed by atoms with E-state index in [1.165, 1.54) is 11.1 Å². The number of allylic oxidation sites excluding steroid dienone is 2. The molecule has 35 heavy (non-hydrogen) atoms. The Kier molecular flexibility index (Phi) is 5.14. The lowest BCUT2D eigenvalue weighted by atomic mass is 9.67. The number of nitrogens with one attached hydrogen (secondary N) is 2. The predicted octanol–water partition coefficient (Wildman–Crippen LogP) is 4.84. The lowest BCUT2D eigenvalue weighted by Gasteiger charge is -2.37. The number of pyridine rings is 2. The maximum Gasteiger partial charge on any atom is 0.227 e. The van der Waals surface area contributed by atoms with E-state index in [0.29, 0.717) is 18.0 Å². The second-order valence-corrected chi connectivity index (χ2v) is 11.1. The van der Waals surface area contributed by atoms with Crippen molar-refractivity contribution in [3.8, 4) is 11.1 Å². The van der Waals surface area contributed by atoms with Crippen LogP contribution in [0.3, 0.4) is 0 Å². The van der Waals surface area contributed by atoms with Crippen molar-refractivity contribution in [2.45, 2.75) is 58.0 Å². The second-order valence-electron chi connectivity index (χ2n) is 11.1. The summed E-state index contributed by atoms with van der Waals surface area (Å²) in [6.45, 7) is 10.9. The molecule has 0 radical (unpaired) electrons. The molecule has 1 fully saturated rings. The van der Waals surface area contributed by atoms with Gasteiger partial charge in [0.25, 0.3) is 0 Å². The summed E-state index contributed by atoms with van der Waals surface area (Å²) in [5, 5.41) is 6.96. The van der Waals surface area contributed by atoms with Crippen molar-refractivity contribution < 1.29 is 0 Å². The topological polar surface area (TPSA) is 78.9 Å². The molecule has 3 aromatic heterocycles. The molecule has 1 saturated heterocycles. The number of aromatic nitrogens is 4. The molecule has 4 heterocycles. The van der Waals surface area contributed by atoms with Crippen LogP contribution in [0.2, 0.25) is 0 Å². The first kappa shape index (κ1) is 22.2. The molecule has 2 aliphatic carbocycles. The van der Waals surface area contributed by atoms with Crippen LogP contribution in [0.25, 0.3) is 11.1 Å². The largest absolute Gasteiger partial charge is 0.354 e. The first-order valence-corrected chi connectivity index (χ1v) is 12.6. The highest BCUT2D eigenvalue weighted by Gasteiger charge is 2.46. The average molecular weight is 468 g/mol. The minimum Gasteiger partial charge on any atom is -0.354 e. The number of anilines is 3. The molecule has 0 amide bonds. The van der Waals surface area contributed by atoms with Crippen LogP contribution in [0.5, 0.6) is 0 Å². The Hall–Kier alpha value is -3.32. The van der Waals surface area contributed by atoms with Crippen molar-refractivity contribution in [3.05, 3.63) is 66.4 Å². The van der Waals surface area contributed by atoms with E-state index in [0.717, 1.165) is 48.7 Å². The van der Waals surface area contributed by atoms with Gasteiger partial charge in [-0.3, -0.25) is 4.98 Å². The fraction of sp³-hybridized carbons (Fsp3) is 0.429. The zero-order valence-corrected chi connectivity index (χ0v) is 20.9. The van der Waals surface area contributed by atoms with Crippen LogP contribution < -0.4 is 15.5 Å². The lowest BCUT2D eigenvalue weighted by Crippen LogP contribution is -2.54. The molecule has 1 aliphatic heterocycles. The minimum atomic E-state index is -0.244. The summed E-state index contributed by atoms with van der Waals surface area (Å²) < 4.78 is 0. The van der Waals surface area contributed by atoms with E-state index in [1.807, 2.05) is 24.8 Å². The van der Waals surface area contributed by atoms with Gasteiger partial charge in [-0.1, -0.05) is 26.0 Å². The van der Waals surface area contributed by atoms with Crippen LogP contribution in [-0.2, 0) is 5.41 Å². The van der Waals surface area contributed by atoms with Gasteiger partial charge in [0, 0.05) is 49.3 Å². The molecule has 7 nitrogen and oxygen atoms in total. The molecule has 3 aliphatic rings. The molecule has 1 spiro atoms. The number of hydrogen-bond acceptors (Lipinski definition) is 7. The van der Waals surface area contributed by atoms with Crippen molar-refractivity contribution in [2.24, 2.45) is 5.41 Å². The van der Waals surface area contributed by atoms with Gasteiger partial charge in [0.05, 0.1) is 23.0 Å². The van der Waals surface area contributed by atoms with Crippen LogP contribution in [0.15, 0.2) is 55.1 Å². The van der Waals surface area contributed by atoms with Crippen molar-refractivity contribution in [1.29, 1.82) is 0 Å². The Morgan fingerprint density at radius 3 is 2.49 bits per heavy atom. The van der Waals surface area contributed by atoms with Crippen molar-refractivity contribution >= 4 is 17.5 Å². The number of hydrogen-bond donors (Lipinski definition) is 2. The minimum absolute atomic E-state index is 0.192. The SMILES string of the molecule is C[C@@H]1CN(c2ccc(Nc3ncc4c(n3)C3(C=CC(C)(C)CC3)c3cnccc3-4)cn2)C[C@H](C)N1. The Bertz CT molecular complexity index is 1270. The van der Waals surface area contributed by atoms with E-state index in [9.17, 15) is 0 Å². The lowest BCUT2D eigenvalue weighted by molar-refractivity contribution is 0.353. The van der Waals surface area contributed by atoms with E-state index in [-0.39, 0.29) is 10.8 Å². The first-order valence-electron chi connectivity index (χ1n) is 12.6. The highest BCUT2D eigenvalue weighted by atomic mass is 15.3. The van der Waals surface area contributed by atoms with Crippen LogP contribution in [0.1, 0.15) is 51.8 Å². The summed E-state index contributed by atoms with van der Waals surface area (Å²) in [4.78, 5) is 21.3. The fourth-order valence-corrected chi connectivity index (χ4v) is 5.86. The van der Waals surface area contributed by atoms with Crippen LogP contribution in [-0.4, -0.2) is 45.1 Å². The van der Waals surface area contributed by atoms with Gasteiger partial charge < -0.3 is 15.5 Å². The van der Waals surface area contributed by atoms with E-state index in [1.54, 1.807) is 0 Å². The normalized spacial score (nSPS) is 26.5. The molecule has 3 atom stereocenters. The molecule has 0 aromatic carbocycles. The first-order chi connectivity index (χ1) is 16.8. The zero-order chi connectivity index (χ0) is 24.2. The molecule has 0 saturated carbocycles. The molecule has 0 bridgehead atoms. The Morgan fingerprint density at radius 1 is 0.943 bits per heavy atom. The summed E-state index contributed by atoms with van der Waals surface area (Å²) in [7, 11) is 0. The van der Waals surface area contributed by atoms with E-state index in [4.69, 9.17) is 9.97 Å². The van der Waals surface area contributed by atoms with Crippen molar-refractivity contribution in [1.82, 2.24) is 25.3 Å². The smallest absolute Gasteiger partial charge is 0.227 e.